The number of amides is 2. The second kappa shape index (κ2) is 12.6. The lowest BCUT2D eigenvalue weighted by Gasteiger charge is -2.28. The van der Waals surface area contributed by atoms with Gasteiger partial charge in [0.05, 0.1) is 12.5 Å². The molecule has 2 amide bonds. The lowest BCUT2D eigenvalue weighted by atomic mass is 10.0. The first-order chi connectivity index (χ1) is 14.8. The number of rotatable bonds is 10. The van der Waals surface area contributed by atoms with Gasteiger partial charge in [0.15, 0.2) is 0 Å². The monoisotopic (exact) mass is 474 g/mol. The Balaban J connectivity index is 2.78. The van der Waals surface area contributed by atoms with Crippen LogP contribution in [0.2, 0.25) is 5.02 Å². The molecule has 0 radical (unpaired) electrons. The number of carbonyl (C=O) groups excluding carboxylic acids is 3. The van der Waals surface area contributed by atoms with E-state index in [1.807, 2.05) is 0 Å². The molecular formula is C22H32ClFN2O6. The van der Waals surface area contributed by atoms with Crippen LogP contribution in [0.15, 0.2) is 24.3 Å². The summed E-state index contributed by atoms with van der Waals surface area (Å²) in [5, 5.41) is 15.2. The minimum Gasteiger partial charge on any atom is -0.460 e. The molecule has 1 rings (SSSR count). The summed E-state index contributed by atoms with van der Waals surface area (Å²) >= 11 is 6.03. The lowest BCUT2D eigenvalue weighted by Crippen LogP contribution is -2.55. The Kier molecular flexibility index (Phi) is 10.9. The van der Waals surface area contributed by atoms with E-state index in [9.17, 15) is 23.9 Å². The molecule has 0 heterocycles. The Morgan fingerprint density at radius 2 is 1.78 bits per heavy atom. The van der Waals surface area contributed by atoms with Crippen molar-refractivity contribution in [2.24, 2.45) is 5.92 Å². The molecule has 32 heavy (non-hydrogen) atoms. The van der Waals surface area contributed by atoms with Crippen LogP contribution in [0.25, 0.3) is 0 Å². The number of benzene rings is 1. The topological polar surface area (TPSA) is 114 Å². The molecule has 2 unspecified atom stereocenters. The third-order valence-electron chi connectivity index (χ3n) is 4.30. The predicted octanol–water partition coefficient (Wildman–Crippen LogP) is 3.14. The van der Waals surface area contributed by atoms with Gasteiger partial charge in [-0.1, -0.05) is 43.6 Å². The maximum atomic E-state index is 13.1. The summed E-state index contributed by atoms with van der Waals surface area (Å²) in [6.45, 7) is 7.10. The average Bonchev–Trinajstić information content (AvgIpc) is 2.68. The van der Waals surface area contributed by atoms with Crippen LogP contribution < -0.4 is 10.6 Å². The van der Waals surface area contributed by atoms with E-state index in [1.54, 1.807) is 58.9 Å². The molecule has 0 saturated heterocycles. The molecule has 0 saturated carbocycles. The Bertz CT molecular complexity index is 784. The van der Waals surface area contributed by atoms with E-state index in [-0.39, 0.29) is 12.5 Å². The summed E-state index contributed by atoms with van der Waals surface area (Å²) in [7, 11) is 0. The summed E-state index contributed by atoms with van der Waals surface area (Å²) in [5.74, 6) is -1.77. The zero-order valence-electron chi connectivity index (χ0n) is 19.0. The Labute approximate surface area is 192 Å². The predicted molar refractivity (Wildman–Crippen MR) is 118 cm³/mol. The highest BCUT2D eigenvalue weighted by molar-refractivity contribution is 6.31. The Hall–Kier alpha value is -2.39. The molecule has 8 nitrogen and oxygen atoms in total. The van der Waals surface area contributed by atoms with E-state index >= 15 is 0 Å². The first-order valence-corrected chi connectivity index (χ1v) is 10.6. The minimum atomic E-state index is -1.62. The van der Waals surface area contributed by atoms with Crippen molar-refractivity contribution >= 4 is 29.6 Å². The van der Waals surface area contributed by atoms with E-state index in [0.29, 0.717) is 10.6 Å². The molecule has 3 atom stereocenters. The largest absolute Gasteiger partial charge is 0.460 e. The second-order valence-electron chi connectivity index (χ2n) is 8.66. The first kappa shape index (κ1) is 27.6. The van der Waals surface area contributed by atoms with Gasteiger partial charge in [0.1, 0.15) is 31.0 Å². The van der Waals surface area contributed by atoms with Gasteiger partial charge in [0.2, 0.25) is 5.91 Å². The molecule has 1 aromatic rings. The van der Waals surface area contributed by atoms with Gasteiger partial charge < -0.3 is 25.2 Å². The van der Waals surface area contributed by atoms with Crippen LogP contribution >= 0.6 is 11.6 Å². The zero-order valence-corrected chi connectivity index (χ0v) is 19.7. The number of esters is 1. The quantitative estimate of drug-likeness (QED) is 0.449. The normalized spacial score (nSPS) is 14.3. The van der Waals surface area contributed by atoms with Crippen LogP contribution in [0.5, 0.6) is 0 Å². The van der Waals surface area contributed by atoms with E-state index in [2.05, 4.69) is 10.6 Å². The van der Waals surface area contributed by atoms with Crippen molar-refractivity contribution in [1.29, 1.82) is 0 Å². The molecule has 180 valence electrons. The third-order valence-corrected chi connectivity index (χ3v) is 4.66. The van der Waals surface area contributed by atoms with E-state index in [4.69, 9.17) is 21.1 Å². The third kappa shape index (κ3) is 9.82. The smallest absolute Gasteiger partial charge is 0.408 e. The number of hydrogen-bond acceptors (Lipinski definition) is 6. The number of alkyl carbamates (subject to hydrolysis) is 1. The standard InChI is InChI=1S/C22H32ClFN2O6/c1-13(2)19(26-21(30)31-12-14-8-6-7-9-15(14)23)20(29)25-16(17(27)11-24)10-18(28)32-22(3,4)5/h6-9,13,16-17,19,27H,10-12H2,1-5H3,(H,25,29)(H,26,30)/t16?,17?,19-/m0/s1. The highest BCUT2D eigenvalue weighted by Gasteiger charge is 2.31. The average molecular weight is 475 g/mol. The number of carbonyl (C=O) groups is 3. The second-order valence-corrected chi connectivity index (χ2v) is 9.07. The van der Waals surface area contributed by atoms with E-state index in [1.165, 1.54) is 0 Å². The van der Waals surface area contributed by atoms with Crippen molar-refractivity contribution in [2.75, 3.05) is 6.67 Å². The fraction of sp³-hybridized carbons (Fsp3) is 0.591. The molecule has 3 N–H and O–H groups in total. The number of ether oxygens (including phenoxy) is 2. The molecule has 0 aliphatic heterocycles. The van der Waals surface area contributed by atoms with Crippen LogP contribution in [-0.2, 0) is 25.7 Å². The Morgan fingerprint density at radius 3 is 2.31 bits per heavy atom. The van der Waals surface area contributed by atoms with Crippen molar-refractivity contribution in [3.05, 3.63) is 34.9 Å². The van der Waals surface area contributed by atoms with Crippen LogP contribution in [-0.4, -0.2) is 53.5 Å². The molecule has 0 spiro atoms. The van der Waals surface area contributed by atoms with Crippen LogP contribution in [0, 0.1) is 5.92 Å². The van der Waals surface area contributed by atoms with Crippen molar-refractivity contribution in [3.63, 3.8) is 0 Å². The number of alkyl halides is 1. The molecule has 0 aliphatic rings. The number of nitrogens with one attached hydrogen (secondary N) is 2. The van der Waals surface area contributed by atoms with Gasteiger partial charge >= 0.3 is 12.1 Å². The van der Waals surface area contributed by atoms with Gasteiger partial charge in [0, 0.05) is 10.6 Å². The maximum absolute atomic E-state index is 13.1. The van der Waals surface area contributed by atoms with Crippen molar-refractivity contribution < 1.29 is 33.4 Å². The van der Waals surface area contributed by atoms with E-state index in [0.717, 1.165) is 0 Å². The number of halogens is 2. The zero-order chi connectivity index (χ0) is 24.5. The molecule has 10 heteroatoms. The molecule has 0 bridgehead atoms. The molecule has 0 fully saturated rings. The summed E-state index contributed by atoms with van der Waals surface area (Å²) in [4.78, 5) is 37.1. The maximum Gasteiger partial charge on any atom is 0.408 e. The lowest BCUT2D eigenvalue weighted by molar-refractivity contribution is -0.156. The molecule has 0 aromatic heterocycles. The SMILES string of the molecule is CC(C)[C@H](NC(=O)OCc1ccccc1Cl)C(=O)NC(CC(=O)OC(C)(C)C)C(O)CF. The van der Waals surface area contributed by atoms with Crippen LogP contribution in [0.4, 0.5) is 9.18 Å². The number of hydrogen-bond donors (Lipinski definition) is 3. The van der Waals surface area contributed by atoms with Gasteiger partial charge in [-0.25, -0.2) is 9.18 Å². The van der Waals surface area contributed by atoms with Crippen LogP contribution in [0.3, 0.4) is 0 Å². The Morgan fingerprint density at radius 1 is 1.16 bits per heavy atom. The first-order valence-electron chi connectivity index (χ1n) is 10.3. The molecule has 0 aliphatic carbocycles. The van der Waals surface area contributed by atoms with Gasteiger partial charge in [-0.3, -0.25) is 9.59 Å². The van der Waals surface area contributed by atoms with Crippen molar-refractivity contribution in [2.45, 2.75) is 71.4 Å². The fourth-order valence-corrected chi connectivity index (χ4v) is 2.88. The fourth-order valence-electron chi connectivity index (χ4n) is 2.69. The number of aliphatic hydroxyl groups is 1. The summed E-state index contributed by atoms with van der Waals surface area (Å²) in [6, 6.07) is 4.55. The highest BCUT2D eigenvalue weighted by atomic mass is 35.5. The summed E-state index contributed by atoms with van der Waals surface area (Å²) < 4.78 is 23.4. The highest BCUT2D eigenvalue weighted by Crippen LogP contribution is 2.16. The molecular weight excluding hydrogens is 443 g/mol. The molecule has 1 aromatic carbocycles. The number of aliphatic hydroxyl groups excluding tert-OH is 1. The summed E-state index contributed by atoms with van der Waals surface area (Å²) in [6.07, 6.45) is -2.91. The van der Waals surface area contributed by atoms with Gasteiger partial charge in [-0.05, 0) is 32.8 Å². The van der Waals surface area contributed by atoms with Crippen molar-refractivity contribution in [3.8, 4) is 0 Å². The minimum absolute atomic E-state index is 0.0974. The summed E-state index contributed by atoms with van der Waals surface area (Å²) in [5.41, 5.74) is -0.182. The van der Waals surface area contributed by atoms with Gasteiger partial charge in [-0.15, -0.1) is 0 Å². The van der Waals surface area contributed by atoms with E-state index < -0.39 is 54.9 Å². The van der Waals surface area contributed by atoms with Gasteiger partial charge in [0.25, 0.3) is 0 Å². The van der Waals surface area contributed by atoms with Crippen LogP contribution in [0.1, 0.15) is 46.6 Å². The van der Waals surface area contributed by atoms with Gasteiger partial charge in [-0.2, -0.15) is 0 Å². The van der Waals surface area contributed by atoms with Crippen molar-refractivity contribution in [1.82, 2.24) is 10.6 Å².